The molecule has 1 aliphatic rings. The summed E-state index contributed by atoms with van der Waals surface area (Å²) in [5.74, 6) is 0.953. The number of rotatable bonds is 2. The van der Waals surface area contributed by atoms with Gasteiger partial charge in [0.1, 0.15) is 5.82 Å². The Morgan fingerprint density at radius 2 is 2.12 bits per heavy atom. The standard InChI is InChI=1S/C13H17BrN2O/c1-9-7-12(15-8-11(9)14)16-13(17)10-5-3-2-4-6-10/h7-8,10H,2-6H2,1H3,(H,15,16,17). The van der Waals surface area contributed by atoms with E-state index in [1.807, 2.05) is 13.0 Å². The summed E-state index contributed by atoms with van der Waals surface area (Å²) in [6, 6.07) is 1.89. The van der Waals surface area contributed by atoms with E-state index >= 15 is 0 Å². The summed E-state index contributed by atoms with van der Waals surface area (Å²) >= 11 is 3.40. The Kier molecular flexibility index (Phi) is 4.15. The predicted molar refractivity (Wildman–Crippen MR) is 71.9 cm³/mol. The predicted octanol–water partition coefficient (Wildman–Crippen LogP) is 3.67. The molecule has 0 aliphatic heterocycles. The average Bonchev–Trinajstić information content (AvgIpc) is 2.35. The van der Waals surface area contributed by atoms with Crippen LogP contribution in [0.15, 0.2) is 16.7 Å². The molecule has 0 unspecified atom stereocenters. The summed E-state index contributed by atoms with van der Waals surface area (Å²) in [6.07, 6.45) is 7.36. The van der Waals surface area contributed by atoms with Gasteiger partial charge in [0.05, 0.1) is 0 Å². The minimum Gasteiger partial charge on any atom is -0.310 e. The molecule has 1 aromatic rings. The highest BCUT2D eigenvalue weighted by molar-refractivity contribution is 9.10. The fourth-order valence-corrected chi connectivity index (χ4v) is 2.42. The van der Waals surface area contributed by atoms with Crippen molar-refractivity contribution in [1.29, 1.82) is 0 Å². The maximum absolute atomic E-state index is 12.0. The first-order valence-corrected chi connectivity index (χ1v) is 6.89. The van der Waals surface area contributed by atoms with Gasteiger partial charge in [-0.05, 0) is 47.3 Å². The van der Waals surface area contributed by atoms with E-state index in [2.05, 4.69) is 26.2 Å². The summed E-state index contributed by atoms with van der Waals surface area (Å²) in [5.41, 5.74) is 1.08. The number of hydrogen-bond donors (Lipinski definition) is 1. The normalized spacial score (nSPS) is 16.8. The summed E-state index contributed by atoms with van der Waals surface area (Å²) in [6.45, 7) is 1.99. The van der Waals surface area contributed by atoms with Gasteiger partial charge in [-0.15, -0.1) is 0 Å². The van der Waals surface area contributed by atoms with E-state index in [0.717, 1.165) is 22.9 Å². The minimum absolute atomic E-state index is 0.124. The molecule has 92 valence electrons. The van der Waals surface area contributed by atoms with E-state index in [0.29, 0.717) is 5.82 Å². The number of anilines is 1. The van der Waals surface area contributed by atoms with Gasteiger partial charge < -0.3 is 5.32 Å². The maximum Gasteiger partial charge on any atom is 0.228 e. The largest absolute Gasteiger partial charge is 0.310 e. The third-order valence-electron chi connectivity index (χ3n) is 3.27. The zero-order chi connectivity index (χ0) is 12.3. The molecule has 1 aromatic heterocycles. The van der Waals surface area contributed by atoms with Crippen LogP contribution in [0.5, 0.6) is 0 Å². The number of carbonyl (C=O) groups is 1. The highest BCUT2D eigenvalue weighted by Crippen LogP contribution is 2.25. The number of hydrogen-bond acceptors (Lipinski definition) is 2. The van der Waals surface area contributed by atoms with Gasteiger partial charge >= 0.3 is 0 Å². The van der Waals surface area contributed by atoms with Crippen LogP contribution >= 0.6 is 15.9 Å². The molecule has 2 rings (SSSR count). The van der Waals surface area contributed by atoms with Crippen LogP contribution in [-0.2, 0) is 4.79 Å². The number of nitrogens with one attached hydrogen (secondary N) is 1. The van der Waals surface area contributed by atoms with Gasteiger partial charge in [0, 0.05) is 16.6 Å². The molecule has 17 heavy (non-hydrogen) atoms. The van der Waals surface area contributed by atoms with Crippen LogP contribution < -0.4 is 5.32 Å². The van der Waals surface area contributed by atoms with E-state index in [1.54, 1.807) is 6.20 Å². The van der Waals surface area contributed by atoms with Gasteiger partial charge in [-0.2, -0.15) is 0 Å². The van der Waals surface area contributed by atoms with Crippen molar-refractivity contribution < 1.29 is 4.79 Å². The summed E-state index contributed by atoms with van der Waals surface area (Å²) in [4.78, 5) is 16.2. The second kappa shape index (κ2) is 5.63. The average molecular weight is 297 g/mol. The third kappa shape index (κ3) is 3.28. The number of carbonyl (C=O) groups excluding carboxylic acids is 1. The first-order chi connectivity index (χ1) is 8.16. The molecule has 0 aromatic carbocycles. The fraction of sp³-hybridized carbons (Fsp3) is 0.538. The Labute approximate surface area is 110 Å². The summed E-state index contributed by atoms with van der Waals surface area (Å²) < 4.78 is 0.966. The highest BCUT2D eigenvalue weighted by atomic mass is 79.9. The van der Waals surface area contributed by atoms with Crippen molar-refractivity contribution in [3.63, 3.8) is 0 Å². The fourth-order valence-electron chi connectivity index (χ4n) is 2.20. The Morgan fingerprint density at radius 1 is 1.41 bits per heavy atom. The first-order valence-electron chi connectivity index (χ1n) is 6.10. The van der Waals surface area contributed by atoms with Gasteiger partial charge in [-0.1, -0.05) is 19.3 Å². The number of pyridine rings is 1. The SMILES string of the molecule is Cc1cc(NC(=O)C2CCCCC2)ncc1Br. The van der Waals surface area contributed by atoms with E-state index < -0.39 is 0 Å². The van der Waals surface area contributed by atoms with Gasteiger partial charge in [0.2, 0.25) is 5.91 Å². The van der Waals surface area contributed by atoms with Crippen molar-refractivity contribution in [2.24, 2.45) is 5.92 Å². The van der Waals surface area contributed by atoms with Gasteiger partial charge in [0.25, 0.3) is 0 Å². The summed E-state index contributed by atoms with van der Waals surface area (Å²) in [5, 5.41) is 2.91. The van der Waals surface area contributed by atoms with Crippen molar-refractivity contribution in [2.75, 3.05) is 5.32 Å². The van der Waals surface area contributed by atoms with E-state index in [-0.39, 0.29) is 11.8 Å². The van der Waals surface area contributed by atoms with Crippen molar-refractivity contribution in [1.82, 2.24) is 4.98 Å². The quantitative estimate of drug-likeness (QED) is 0.905. The van der Waals surface area contributed by atoms with Crippen molar-refractivity contribution in [3.05, 3.63) is 22.3 Å². The Morgan fingerprint density at radius 3 is 2.76 bits per heavy atom. The van der Waals surface area contributed by atoms with Crippen LogP contribution in [0.4, 0.5) is 5.82 Å². The summed E-state index contributed by atoms with van der Waals surface area (Å²) in [7, 11) is 0. The molecule has 1 amide bonds. The molecular formula is C13H17BrN2O. The topological polar surface area (TPSA) is 42.0 Å². The van der Waals surface area contributed by atoms with Crippen LogP contribution in [0.25, 0.3) is 0 Å². The van der Waals surface area contributed by atoms with Gasteiger partial charge in [0.15, 0.2) is 0 Å². The Hall–Kier alpha value is -0.900. The molecular weight excluding hydrogens is 280 g/mol. The lowest BCUT2D eigenvalue weighted by Gasteiger charge is -2.20. The third-order valence-corrected chi connectivity index (χ3v) is 4.10. The monoisotopic (exact) mass is 296 g/mol. The lowest BCUT2D eigenvalue weighted by molar-refractivity contribution is -0.120. The first kappa shape index (κ1) is 12.6. The molecule has 1 heterocycles. The van der Waals surface area contributed by atoms with E-state index in [9.17, 15) is 4.79 Å². The van der Waals surface area contributed by atoms with Crippen LogP contribution in [0, 0.1) is 12.8 Å². The number of halogens is 1. The molecule has 1 fully saturated rings. The second-order valence-electron chi connectivity index (χ2n) is 4.64. The van der Waals surface area contributed by atoms with E-state index in [4.69, 9.17) is 0 Å². The minimum atomic E-state index is 0.124. The van der Waals surface area contributed by atoms with Crippen LogP contribution in [0.1, 0.15) is 37.7 Å². The van der Waals surface area contributed by atoms with Crippen LogP contribution in [0.2, 0.25) is 0 Å². The van der Waals surface area contributed by atoms with Crippen molar-refractivity contribution in [3.8, 4) is 0 Å². The molecule has 0 spiro atoms. The molecule has 3 nitrogen and oxygen atoms in total. The van der Waals surface area contributed by atoms with Crippen LogP contribution in [-0.4, -0.2) is 10.9 Å². The number of aromatic nitrogens is 1. The number of amides is 1. The molecule has 1 N–H and O–H groups in total. The van der Waals surface area contributed by atoms with Gasteiger partial charge in [-0.25, -0.2) is 4.98 Å². The Bertz CT molecular complexity index is 414. The van der Waals surface area contributed by atoms with Crippen LogP contribution in [0.3, 0.4) is 0 Å². The second-order valence-corrected chi connectivity index (χ2v) is 5.50. The molecule has 1 saturated carbocycles. The van der Waals surface area contributed by atoms with Crippen molar-refractivity contribution in [2.45, 2.75) is 39.0 Å². The molecule has 0 bridgehead atoms. The highest BCUT2D eigenvalue weighted by Gasteiger charge is 2.21. The van der Waals surface area contributed by atoms with Crippen molar-refractivity contribution >= 4 is 27.7 Å². The maximum atomic E-state index is 12.0. The molecule has 0 saturated heterocycles. The zero-order valence-electron chi connectivity index (χ0n) is 10.0. The van der Waals surface area contributed by atoms with E-state index in [1.165, 1.54) is 19.3 Å². The lowest BCUT2D eigenvalue weighted by Crippen LogP contribution is -2.25. The zero-order valence-corrected chi connectivity index (χ0v) is 11.6. The van der Waals surface area contributed by atoms with Gasteiger partial charge in [-0.3, -0.25) is 4.79 Å². The number of nitrogens with zero attached hydrogens (tertiary/aromatic N) is 1. The number of aryl methyl sites for hydroxylation is 1. The smallest absolute Gasteiger partial charge is 0.228 e. The lowest BCUT2D eigenvalue weighted by atomic mass is 9.89. The Balaban J connectivity index is 1.99. The molecule has 0 radical (unpaired) electrons. The molecule has 0 atom stereocenters. The molecule has 1 aliphatic carbocycles. The molecule has 4 heteroatoms.